The summed E-state index contributed by atoms with van der Waals surface area (Å²) in [5.74, 6) is 1.15. The first-order valence-electron chi connectivity index (χ1n) is 8.60. The molecule has 0 bridgehead atoms. The van der Waals surface area contributed by atoms with E-state index in [1.165, 1.54) is 0 Å². The Labute approximate surface area is 158 Å². The minimum Gasteiger partial charge on any atom is -0.490 e. The van der Waals surface area contributed by atoms with E-state index >= 15 is 0 Å². The third-order valence-electron chi connectivity index (χ3n) is 3.94. The van der Waals surface area contributed by atoms with Gasteiger partial charge in [-0.25, -0.2) is 4.79 Å². The van der Waals surface area contributed by atoms with Crippen LogP contribution < -0.4 is 9.47 Å². The highest BCUT2D eigenvalue weighted by Crippen LogP contribution is 2.31. The van der Waals surface area contributed by atoms with E-state index in [1.807, 2.05) is 44.2 Å². The Balaban J connectivity index is 1.88. The molecule has 0 radical (unpaired) electrons. The van der Waals surface area contributed by atoms with Crippen LogP contribution in [0.3, 0.4) is 0 Å². The molecule has 2 aromatic rings. The molecule has 0 spiro atoms. The van der Waals surface area contributed by atoms with Crippen LogP contribution in [0.25, 0.3) is 11.8 Å². The van der Waals surface area contributed by atoms with E-state index < -0.39 is 5.97 Å². The zero-order chi connectivity index (χ0) is 19.2. The van der Waals surface area contributed by atoms with E-state index in [4.69, 9.17) is 19.5 Å². The van der Waals surface area contributed by atoms with Crippen LogP contribution in [0, 0.1) is 18.3 Å². The number of benzene rings is 2. The highest BCUT2D eigenvalue weighted by Gasteiger charge is 2.22. The molecule has 0 N–H and O–H groups in total. The van der Waals surface area contributed by atoms with Crippen LogP contribution >= 0.6 is 0 Å². The SMILES string of the molecule is CCOc1cc(/C=C2/C=C(c3ccc(C)cc3)OC2=O)ccc1OCC#N. The fraction of sp³-hybridized carbons (Fsp3) is 0.182. The van der Waals surface area contributed by atoms with E-state index in [9.17, 15) is 4.79 Å². The molecule has 0 saturated heterocycles. The molecule has 136 valence electrons. The van der Waals surface area contributed by atoms with Gasteiger partial charge in [0.2, 0.25) is 0 Å². The summed E-state index contributed by atoms with van der Waals surface area (Å²) >= 11 is 0. The first-order chi connectivity index (χ1) is 13.1. The monoisotopic (exact) mass is 361 g/mol. The zero-order valence-corrected chi connectivity index (χ0v) is 15.2. The maximum absolute atomic E-state index is 12.2. The number of nitriles is 1. The molecular formula is C22H19NO4. The lowest BCUT2D eigenvalue weighted by Gasteiger charge is -2.10. The van der Waals surface area contributed by atoms with Gasteiger partial charge in [0.1, 0.15) is 11.8 Å². The Morgan fingerprint density at radius 1 is 1.11 bits per heavy atom. The minimum atomic E-state index is -0.395. The number of esters is 1. The number of carbonyl (C=O) groups is 1. The Hall–Kier alpha value is -3.52. The number of cyclic esters (lactones) is 1. The molecule has 27 heavy (non-hydrogen) atoms. The molecule has 1 aliphatic heterocycles. The normalized spacial score (nSPS) is 14.5. The predicted octanol–water partition coefficient (Wildman–Crippen LogP) is 4.28. The number of ether oxygens (including phenoxy) is 3. The van der Waals surface area contributed by atoms with Crippen LogP contribution in [0.5, 0.6) is 11.5 Å². The van der Waals surface area contributed by atoms with Gasteiger partial charge in [0.05, 0.1) is 12.2 Å². The Morgan fingerprint density at radius 2 is 1.89 bits per heavy atom. The van der Waals surface area contributed by atoms with Crippen LogP contribution in [-0.4, -0.2) is 19.2 Å². The molecular weight excluding hydrogens is 342 g/mol. The fourth-order valence-corrected chi connectivity index (χ4v) is 2.64. The molecule has 3 rings (SSSR count). The van der Waals surface area contributed by atoms with Crippen molar-refractivity contribution in [1.82, 2.24) is 0 Å². The van der Waals surface area contributed by atoms with Crippen LogP contribution in [0.15, 0.2) is 54.1 Å². The molecule has 1 heterocycles. The van der Waals surface area contributed by atoms with Crippen LogP contribution in [0.4, 0.5) is 0 Å². The molecule has 5 heteroatoms. The zero-order valence-electron chi connectivity index (χ0n) is 15.2. The molecule has 0 aromatic heterocycles. The van der Waals surface area contributed by atoms with Crippen LogP contribution in [0.1, 0.15) is 23.6 Å². The van der Waals surface area contributed by atoms with Crippen LogP contribution in [0.2, 0.25) is 0 Å². The topological polar surface area (TPSA) is 68.6 Å². The number of hydrogen-bond donors (Lipinski definition) is 0. The number of carbonyl (C=O) groups excluding carboxylic acids is 1. The number of rotatable bonds is 6. The first kappa shape index (κ1) is 18.3. The second-order valence-electron chi connectivity index (χ2n) is 5.95. The summed E-state index contributed by atoms with van der Waals surface area (Å²) in [6.45, 7) is 4.27. The van der Waals surface area contributed by atoms with Crippen molar-refractivity contribution in [2.45, 2.75) is 13.8 Å². The maximum Gasteiger partial charge on any atom is 0.343 e. The lowest BCUT2D eigenvalue weighted by Crippen LogP contribution is -2.00. The summed E-state index contributed by atoms with van der Waals surface area (Å²) < 4.78 is 16.3. The average Bonchev–Trinajstić information content (AvgIpc) is 3.02. The molecule has 0 saturated carbocycles. The highest BCUT2D eigenvalue weighted by atomic mass is 16.5. The molecule has 0 unspecified atom stereocenters. The molecule has 0 aliphatic carbocycles. The summed E-state index contributed by atoms with van der Waals surface area (Å²) in [7, 11) is 0. The quantitative estimate of drug-likeness (QED) is 0.567. The van der Waals surface area contributed by atoms with Crippen molar-refractivity contribution < 1.29 is 19.0 Å². The molecule has 2 aromatic carbocycles. The van der Waals surface area contributed by atoms with Gasteiger partial charge in [-0.3, -0.25) is 0 Å². The second-order valence-corrected chi connectivity index (χ2v) is 5.95. The Kier molecular flexibility index (Phi) is 5.58. The van der Waals surface area contributed by atoms with Gasteiger partial charge in [-0.15, -0.1) is 0 Å². The lowest BCUT2D eigenvalue weighted by molar-refractivity contribution is -0.130. The van der Waals surface area contributed by atoms with Gasteiger partial charge in [-0.05, 0) is 43.7 Å². The summed E-state index contributed by atoms with van der Waals surface area (Å²) in [6, 6.07) is 15.0. The molecule has 1 aliphatic rings. The van der Waals surface area contributed by atoms with Crippen molar-refractivity contribution in [3.63, 3.8) is 0 Å². The van der Waals surface area contributed by atoms with Gasteiger partial charge in [0.25, 0.3) is 0 Å². The summed E-state index contributed by atoms with van der Waals surface area (Å²) in [5.41, 5.74) is 3.23. The average molecular weight is 361 g/mol. The second kappa shape index (κ2) is 8.24. The van der Waals surface area contributed by atoms with Gasteiger partial charge < -0.3 is 14.2 Å². The van der Waals surface area contributed by atoms with Crippen molar-refractivity contribution in [2.24, 2.45) is 0 Å². The van der Waals surface area contributed by atoms with Crippen molar-refractivity contribution in [1.29, 1.82) is 5.26 Å². The van der Waals surface area contributed by atoms with Gasteiger partial charge in [-0.1, -0.05) is 35.9 Å². The molecule has 0 atom stereocenters. The number of hydrogen-bond acceptors (Lipinski definition) is 5. The standard InChI is InChI=1S/C22H19NO4/c1-3-25-21-13-16(6-9-19(21)26-11-10-23)12-18-14-20(27-22(18)24)17-7-4-15(2)5-8-17/h4-9,12-14H,3,11H2,1-2H3/b18-12-. The maximum atomic E-state index is 12.2. The summed E-state index contributed by atoms with van der Waals surface area (Å²) in [6.07, 6.45) is 3.47. The Bertz CT molecular complexity index is 949. The van der Waals surface area contributed by atoms with E-state index in [2.05, 4.69) is 0 Å². The molecule has 5 nitrogen and oxygen atoms in total. The first-order valence-corrected chi connectivity index (χ1v) is 8.60. The highest BCUT2D eigenvalue weighted by molar-refractivity contribution is 6.05. The minimum absolute atomic E-state index is 0.0600. The summed E-state index contributed by atoms with van der Waals surface area (Å²) in [5, 5.41) is 8.67. The third-order valence-corrected chi connectivity index (χ3v) is 3.94. The van der Waals surface area contributed by atoms with Crippen molar-refractivity contribution in [3.8, 4) is 17.6 Å². The van der Waals surface area contributed by atoms with Crippen molar-refractivity contribution in [2.75, 3.05) is 13.2 Å². The molecule has 0 fully saturated rings. The van der Waals surface area contributed by atoms with Crippen molar-refractivity contribution in [3.05, 3.63) is 70.8 Å². The van der Waals surface area contributed by atoms with Gasteiger partial charge in [0, 0.05) is 5.56 Å². The lowest BCUT2D eigenvalue weighted by atomic mass is 10.1. The summed E-state index contributed by atoms with van der Waals surface area (Å²) in [4.78, 5) is 12.2. The van der Waals surface area contributed by atoms with Gasteiger partial charge in [-0.2, -0.15) is 5.26 Å². The third kappa shape index (κ3) is 4.36. The largest absolute Gasteiger partial charge is 0.490 e. The molecule has 0 amide bonds. The number of aryl methyl sites for hydroxylation is 1. The van der Waals surface area contributed by atoms with Gasteiger partial charge >= 0.3 is 5.97 Å². The van der Waals surface area contributed by atoms with E-state index in [0.29, 0.717) is 29.4 Å². The van der Waals surface area contributed by atoms with E-state index in [0.717, 1.165) is 16.7 Å². The van der Waals surface area contributed by atoms with E-state index in [1.54, 1.807) is 30.4 Å². The smallest absolute Gasteiger partial charge is 0.343 e. The fourth-order valence-electron chi connectivity index (χ4n) is 2.64. The number of nitrogens with zero attached hydrogens (tertiary/aromatic N) is 1. The van der Waals surface area contributed by atoms with Crippen LogP contribution in [-0.2, 0) is 9.53 Å². The van der Waals surface area contributed by atoms with Crippen molar-refractivity contribution >= 4 is 17.8 Å². The van der Waals surface area contributed by atoms with E-state index in [-0.39, 0.29) is 6.61 Å². The Morgan fingerprint density at radius 3 is 2.59 bits per heavy atom. The predicted molar refractivity (Wildman–Crippen MR) is 102 cm³/mol. The van der Waals surface area contributed by atoms with Gasteiger partial charge in [0.15, 0.2) is 18.1 Å².